The van der Waals surface area contributed by atoms with Gasteiger partial charge in [0.1, 0.15) is 11.6 Å². The Morgan fingerprint density at radius 3 is 2.63 bits per heavy atom. The molecule has 2 N–H and O–H groups in total. The van der Waals surface area contributed by atoms with E-state index in [4.69, 9.17) is 0 Å². The molecule has 1 rings (SSSR count). The summed E-state index contributed by atoms with van der Waals surface area (Å²) in [6, 6.07) is 3.55. The number of nitrogens with zero attached hydrogens (tertiary/aromatic N) is 1. The van der Waals surface area contributed by atoms with Crippen LogP contribution in [0.1, 0.15) is 25.5 Å². The van der Waals surface area contributed by atoms with Crippen LogP contribution in [0.15, 0.2) is 18.2 Å². The number of benzene rings is 1. The maximum absolute atomic E-state index is 13.4. The van der Waals surface area contributed by atoms with E-state index in [0.717, 1.165) is 24.7 Å². The minimum atomic E-state index is -1.04. The van der Waals surface area contributed by atoms with Crippen molar-refractivity contribution in [2.75, 3.05) is 26.7 Å². The number of hydrogen-bond acceptors (Lipinski definition) is 3. The van der Waals surface area contributed by atoms with E-state index in [9.17, 15) is 13.9 Å². The molecule has 0 aliphatic rings. The molecule has 0 radical (unpaired) electrons. The lowest BCUT2D eigenvalue weighted by atomic mass is 10.1. The zero-order valence-corrected chi connectivity index (χ0v) is 11.7. The highest BCUT2D eigenvalue weighted by Crippen LogP contribution is 2.17. The van der Waals surface area contributed by atoms with Crippen molar-refractivity contribution < 1.29 is 13.9 Å². The van der Waals surface area contributed by atoms with Gasteiger partial charge in [-0.25, -0.2) is 8.78 Å². The van der Waals surface area contributed by atoms with Crippen molar-refractivity contribution in [2.24, 2.45) is 0 Å². The van der Waals surface area contributed by atoms with Crippen molar-refractivity contribution >= 4 is 0 Å². The summed E-state index contributed by atoms with van der Waals surface area (Å²) in [5, 5.41) is 12.9. The summed E-state index contributed by atoms with van der Waals surface area (Å²) >= 11 is 0. The van der Waals surface area contributed by atoms with Gasteiger partial charge >= 0.3 is 0 Å². The maximum Gasteiger partial charge on any atom is 0.129 e. The summed E-state index contributed by atoms with van der Waals surface area (Å²) in [6.45, 7) is 5.90. The van der Waals surface area contributed by atoms with Gasteiger partial charge in [-0.3, -0.25) is 0 Å². The largest absolute Gasteiger partial charge is 0.387 e. The van der Waals surface area contributed by atoms with Crippen molar-refractivity contribution in [3.63, 3.8) is 0 Å². The third kappa shape index (κ3) is 5.22. The molecule has 0 amide bonds. The number of aliphatic hydroxyl groups is 1. The predicted molar refractivity (Wildman–Crippen MR) is 72.0 cm³/mol. The third-order valence-corrected chi connectivity index (χ3v) is 3.18. The Morgan fingerprint density at radius 2 is 2.00 bits per heavy atom. The van der Waals surface area contributed by atoms with Crippen molar-refractivity contribution in [3.8, 4) is 0 Å². The number of hydrogen-bond donors (Lipinski definition) is 2. The Labute approximate surface area is 113 Å². The van der Waals surface area contributed by atoms with Gasteiger partial charge in [0.05, 0.1) is 6.10 Å². The lowest BCUT2D eigenvalue weighted by Gasteiger charge is -2.21. The summed E-state index contributed by atoms with van der Waals surface area (Å²) < 4.78 is 26.4. The van der Waals surface area contributed by atoms with Crippen LogP contribution in [0.5, 0.6) is 0 Å². The molecule has 3 nitrogen and oxygen atoms in total. The van der Waals surface area contributed by atoms with Crippen molar-refractivity contribution in [1.29, 1.82) is 0 Å². The lowest BCUT2D eigenvalue weighted by Crippen LogP contribution is -2.35. The fourth-order valence-corrected chi connectivity index (χ4v) is 1.63. The first kappa shape index (κ1) is 16.0. The second kappa shape index (κ2) is 7.53. The van der Waals surface area contributed by atoms with E-state index in [1.807, 2.05) is 7.05 Å². The average Bonchev–Trinajstić information content (AvgIpc) is 2.36. The standard InChI is InChI=1S/C14H22F2N2O/c1-10(2)18(3)7-6-17-9-14(19)12-8-11(15)4-5-13(12)16/h4-5,8,10,14,17,19H,6-7,9H2,1-3H3. The number of aliphatic hydroxyl groups excluding tert-OH is 1. The average molecular weight is 272 g/mol. The van der Waals surface area contributed by atoms with Gasteiger partial charge in [0.25, 0.3) is 0 Å². The molecule has 0 heterocycles. The number of nitrogens with one attached hydrogen (secondary N) is 1. The Morgan fingerprint density at radius 1 is 1.32 bits per heavy atom. The van der Waals surface area contributed by atoms with Crippen LogP contribution in [0.2, 0.25) is 0 Å². The second-order valence-corrected chi connectivity index (χ2v) is 4.96. The first-order valence-corrected chi connectivity index (χ1v) is 6.45. The molecule has 0 bridgehead atoms. The van der Waals surface area contributed by atoms with Gasteiger partial charge in [0.15, 0.2) is 0 Å². The molecule has 0 spiro atoms. The quantitative estimate of drug-likeness (QED) is 0.745. The first-order valence-electron chi connectivity index (χ1n) is 6.45. The summed E-state index contributed by atoms with van der Waals surface area (Å²) in [5.74, 6) is -1.13. The predicted octanol–water partition coefficient (Wildman–Crippen LogP) is 1.93. The molecule has 0 aliphatic carbocycles. The van der Waals surface area contributed by atoms with E-state index >= 15 is 0 Å². The van der Waals surface area contributed by atoms with Gasteiger partial charge in [-0.1, -0.05) is 0 Å². The zero-order chi connectivity index (χ0) is 14.4. The first-order chi connectivity index (χ1) is 8.91. The Hall–Kier alpha value is -1.04. The SMILES string of the molecule is CC(C)N(C)CCNCC(O)c1cc(F)ccc1F. The molecule has 1 unspecified atom stereocenters. The van der Waals surface area contributed by atoms with Gasteiger partial charge in [-0.15, -0.1) is 0 Å². The molecule has 1 aromatic carbocycles. The van der Waals surface area contributed by atoms with E-state index in [1.54, 1.807) is 0 Å². The summed E-state index contributed by atoms with van der Waals surface area (Å²) in [5.41, 5.74) is -0.00952. The van der Waals surface area contributed by atoms with Crippen molar-refractivity contribution in [2.45, 2.75) is 26.0 Å². The van der Waals surface area contributed by atoms with Crippen molar-refractivity contribution in [3.05, 3.63) is 35.4 Å². The van der Waals surface area contributed by atoms with Crippen LogP contribution in [0.4, 0.5) is 8.78 Å². The lowest BCUT2D eigenvalue weighted by molar-refractivity contribution is 0.167. The molecule has 0 aromatic heterocycles. The molecule has 1 atom stereocenters. The normalized spacial score (nSPS) is 13.3. The molecule has 108 valence electrons. The molecular formula is C14H22F2N2O. The third-order valence-electron chi connectivity index (χ3n) is 3.18. The Balaban J connectivity index is 2.39. The number of halogens is 2. The van der Waals surface area contributed by atoms with E-state index in [0.29, 0.717) is 12.6 Å². The minimum Gasteiger partial charge on any atom is -0.387 e. The maximum atomic E-state index is 13.4. The highest BCUT2D eigenvalue weighted by Gasteiger charge is 2.13. The fourth-order valence-electron chi connectivity index (χ4n) is 1.63. The molecule has 0 saturated carbocycles. The van der Waals surface area contributed by atoms with Crippen LogP contribution in [0, 0.1) is 11.6 Å². The highest BCUT2D eigenvalue weighted by atomic mass is 19.1. The van der Waals surface area contributed by atoms with Crippen LogP contribution in [-0.2, 0) is 0 Å². The molecular weight excluding hydrogens is 250 g/mol. The molecule has 0 saturated heterocycles. The van der Waals surface area contributed by atoms with E-state index in [-0.39, 0.29) is 12.1 Å². The van der Waals surface area contributed by atoms with Crippen molar-refractivity contribution in [1.82, 2.24) is 10.2 Å². The van der Waals surface area contributed by atoms with Crippen LogP contribution in [0.3, 0.4) is 0 Å². The summed E-state index contributed by atoms with van der Waals surface area (Å²) in [4.78, 5) is 2.15. The number of rotatable bonds is 7. The topological polar surface area (TPSA) is 35.5 Å². The second-order valence-electron chi connectivity index (χ2n) is 4.96. The summed E-state index contributed by atoms with van der Waals surface area (Å²) in [7, 11) is 2.01. The Kier molecular flexibility index (Phi) is 6.34. The van der Waals surface area contributed by atoms with Gasteiger partial charge in [-0.05, 0) is 39.1 Å². The Bertz CT molecular complexity index is 399. The van der Waals surface area contributed by atoms with Crippen LogP contribution < -0.4 is 5.32 Å². The van der Waals surface area contributed by atoms with E-state index in [2.05, 4.69) is 24.1 Å². The molecule has 0 fully saturated rings. The van der Waals surface area contributed by atoms with Gasteiger partial charge < -0.3 is 15.3 Å². The van der Waals surface area contributed by atoms with Gasteiger partial charge in [-0.2, -0.15) is 0 Å². The molecule has 5 heteroatoms. The van der Waals surface area contributed by atoms with Crippen LogP contribution >= 0.6 is 0 Å². The van der Waals surface area contributed by atoms with E-state index in [1.165, 1.54) is 0 Å². The summed E-state index contributed by atoms with van der Waals surface area (Å²) in [6.07, 6.45) is -1.04. The molecule has 0 aliphatic heterocycles. The zero-order valence-electron chi connectivity index (χ0n) is 11.7. The highest BCUT2D eigenvalue weighted by molar-refractivity contribution is 5.21. The minimum absolute atomic E-state index is 0.00952. The van der Waals surface area contributed by atoms with Crippen LogP contribution in [-0.4, -0.2) is 42.7 Å². The van der Waals surface area contributed by atoms with E-state index < -0.39 is 17.7 Å². The molecule has 19 heavy (non-hydrogen) atoms. The molecule has 1 aromatic rings. The van der Waals surface area contributed by atoms with Crippen LogP contribution in [0.25, 0.3) is 0 Å². The van der Waals surface area contributed by atoms with Gasteiger partial charge in [0, 0.05) is 31.2 Å². The smallest absolute Gasteiger partial charge is 0.129 e. The fraction of sp³-hybridized carbons (Fsp3) is 0.571. The number of likely N-dealkylation sites (N-methyl/N-ethyl adjacent to an activating group) is 1. The van der Waals surface area contributed by atoms with Gasteiger partial charge in [0.2, 0.25) is 0 Å². The monoisotopic (exact) mass is 272 g/mol.